The fourth-order valence-corrected chi connectivity index (χ4v) is 3.52. The molecule has 7 heteroatoms. The molecule has 1 aliphatic heterocycles. The van der Waals surface area contributed by atoms with E-state index in [1.807, 2.05) is 30.3 Å². The van der Waals surface area contributed by atoms with Gasteiger partial charge in [-0.3, -0.25) is 9.18 Å². The first-order chi connectivity index (χ1) is 12.7. The van der Waals surface area contributed by atoms with Crippen molar-refractivity contribution >= 4 is 34.2 Å². The lowest BCUT2D eigenvalue weighted by Gasteiger charge is -2.27. The summed E-state index contributed by atoms with van der Waals surface area (Å²) in [7, 11) is 0. The molecule has 0 unspecified atom stereocenters. The van der Waals surface area contributed by atoms with E-state index in [4.69, 9.17) is 16.3 Å². The number of fused-ring (bicyclic) bond motifs is 1. The van der Waals surface area contributed by atoms with Gasteiger partial charge in [0.05, 0.1) is 13.3 Å². The van der Waals surface area contributed by atoms with E-state index >= 15 is 0 Å². The number of nitrogens with zero attached hydrogens (tertiary/aromatic N) is 2. The van der Waals surface area contributed by atoms with Crippen molar-refractivity contribution in [3.05, 3.63) is 47.2 Å². The maximum atomic E-state index is 12.8. The highest BCUT2D eigenvalue weighted by atomic mass is 35.5. The molecule has 1 saturated heterocycles. The maximum absolute atomic E-state index is 12.8. The van der Waals surface area contributed by atoms with E-state index in [0.717, 1.165) is 27.8 Å². The van der Waals surface area contributed by atoms with Crippen LogP contribution in [-0.2, 0) is 16.0 Å². The van der Waals surface area contributed by atoms with E-state index in [1.165, 1.54) is 0 Å². The minimum absolute atomic E-state index is 0.0513. The highest BCUT2D eigenvalue weighted by Crippen LogP contribution is 2.31. The van der Waals surface area contributed by atoms with Crippen molar-refractivity contribution in [2.24, 2.45) is 0 Å². The number of benzene rings is 1. The van der Waals surface area contributed by atoms with Gasteiger partial charge >= 0.3 is 0 Å². The third-order valence-corrected chi connectivity index (χ3v) is 4.85. The average molecular weight is 374 g/mol. The van der Waals surface area contributed by atoms with Crippen LogP contribution in [0.1, 0.15) is 5.56 Å². The molecule has 0 spiro atoms. The number of aromatic nitrogens is 2. The number of alkyl halides is 1. The number of anilines is 1. The van der Waals surface area contributed by atoms with Gasteiger partial charge in [-0.25, -0.2) is 4.98 Å². The second kappa shape index (κ2) is 7.05. The number of pyridine rings is 1. The second-order valence-corrected chi connectivity index (χ2v) is 6.50. The third kappa shape index (κ3) is 3.06. The van der Waals surface area contributed by atoms with Crippen molar-refractivity contribution in [1.29, 1.82) is 0 Å². The summed E-state index contributed by atoms with van der Waals surface area (Å²) in [5.41, 5.74) is 4.02. The minimum Gasteiger partial charge on any atom is -0.370 e. The van der Waals surface area contributed by atoms with Gasteiger partial charge in [0.15, 0.2) is 0 Å². The molecule has 0 radical (unpaired) electrons. The van der Waals surface area contributed by atoms with Crippen LogP contribution < -0.4 is 4.90 Å². The molecule has 0 saturated carbocycles. The summed E-state index contributed by atoms with van der Waals surface area (Å²) < 4.78 is 18.0. The zero-order valence-electron chi connectivity index (χ0n) is 14.0. The number of carbonyl (C=O) groups is 1. The van der Waals surface area contributed by atoms with Crippen molar-refractivity contribution in [3.8, 4) is 11.1 Å². The van der Waals surface area contributed by atoms with Crippen molar-refractivity contribution < 1.29 is 13.9 Å². The molecule has 3 aromatic rings. The van der Waals surface area contributed by atoms with Crippen molar-refractivity contribution in [2.75, 3.05) is 31.3 Å². The number of morpholine rings is 1. The Hall–Kier alpha value is -2.44. The Morgan fingerprint density at radius 2 is 2.19 bits per heavy atom. The molecule has 2 aromatic heterocycles. The molecule has 0 atom stereocenters. The lowest BCUT2D eigenvalue weighted by atomic mass is 10.0. The lowest BCUT2D eigenvalue weighted by molar-refractivity contribution is -0.125. The Morgan fingerprint density at radius 1 is 1.31 bits per heavy atom. The zero-order chi connectivity index (χ0) is 18.1. The van der Waals surface area contributed by atoms with E-state index in [0.29, 0.717) is 24.0 Å². The predicted octanol–water partition coefficient (Wildman–Crippen LogP) is 3.76. The van der Waals surface area contributed by atoms with Crippen molar-refractivity contribution in [2.45, 2.75) is 6.42 Å². The SMILES string of the molecule is O=C1COCCN1c1cccc(-c2cnc3[nH]c(Cl)c(CCF)c3c2)c1. The van der Waals surface area contributed by atoms with Gasteiger partial charge in [-0.2, -0.15) is 0 Å². The molecule has 1 fully saturated rings. The molecule has 134 valence electrons. The van der Waals surface area contributed by atoms with Gasteiger partial charge in [0.25, 0.3) is 5.91 Å². The predicted molar refractivity (Wildman–Crippen MR) is 99.4 cm³/mol. The Kier molecular flexibility index (Phi) is 4.61. The summed E-state index contributed by atoms with van der Waals surface area (Å²) in [6, 6.07) is 9.68. The molecular weight excluding hydrogens is 357 g/mol. The second-order valence-electron chi connectivity index (χ2n) is 6.12. The Morgan fingerprint density at radius 3 is 3.00 bits per heavy atom. The van der Waals surface area contributed by atoms with E-state index in [1.54, 1.807) is 11.1 Å². The number of ether oxygens (including phenoxy) is 1. The van der Waals surface area contributed by atoms with Gasteiger partial charge in [-0.05, 0) is 23.8 Å². The highest BCUT2D eigenvalue weighted by molar-refractivity contribution is 6.31. The third-order valence-electron chi connectivity index (χ3n) is 4.53. The van der Waals surface area contributed by atoms with Crippen LogP contribution in [0, 0.1) is 0 Å². The summed E-state index contributed by atoms with van der Waals surface area (Å²) in [5.74, 6) is -0.0513. The fourth-order valence-electron chi connectivity index (χ4n) is 3.23. The number of aryl methyl sites for hydroxylation is 1. The first kappa shape index (κ1) is 17.0. The Balaban J connectivity index is 1.74. The van der Waals surface area contributed by atoms with Crippen LogP contribution in [0.4, 0.5) is 10.1 Å². The summed E-state index contributed by atoms with van der Waals surface area (Å²) in [6.45, 7) is 0.684. The number of H-pyrrole nitrogens is 1. The van der Waals surface area contributed by atoms with Crippen molar-refractivity contribution in [3.63, 3.8) is 0 Å². The Bertz CT molecular complexity index is 973. The van der Waals surface area contributed by atoms with Gasteiger partial charge in [-0.15, -0.1) is 0 Å². The summed E-state index contributed by atoms with van der Waals surface area (Å²) in [4.78, 5) is 21.2. The molecule has 3 heterocycles. The van der Waals surface area contributed by atoms with Crippen LogP contribution in [0.25, 0.3) is 22.2 Å². The molecule has 26 heavy (non-hydrogen) atoms. The molecule has 1 aromatic carbocycles. The molecule has 1 N–H and O–H groups in total. The Labute approximate surface area is 154 Å². The molecule has 0 bridgehead atoms. The van der Waals surface area contributed by atoms with Crippen LogP contribution in [0.5, 0.6) is 0 Å². The van der Waals surface area contributed by atoms with Crippen LogP contribution >= 0.6 is 11.6 Å². The molecular formula is C19H17ClFN3O2. The van der Waals surface area contributed by atoms with Crippen LogP contribution in [0.2, 0.25) is 5.15 Å². The lowest BCUT2D eigenvalue weighted by Crippen LogP contribution is -2.41. The molecule has 1 aliphatic rings. The number of hydrogen-bond donors (Lipinski definition) is 1. The monoisotopic (exact) mass is 373 g/mol. The number of hydrogen-bond acceptors (Lipinski definition) is 3. The van der Waals surface area contributed by atoms with Crippen LogP contribution in [-0.4, -0.2) is 42.3 Å². The van der Waals surface area contributed by atoms with Gasteiger partial charge < -0.3 is 14.6 Å². The summed E-state index contributed by atoms with van der Waals surface area (Å²) >= 11 is 6.17. The van der Waals surface area contributed by atoms with E-state index < -0.39 is 6.67 Å². The normalized spacial score (nSPS) is 15.0. The zero-order valence-corrected chi connectivity index (χ0v) is 14.7. The minimum atomic E-state index is -0.481. The average Bonchev–Trinajstić information content (AvgIpc) is 2.97. The van der Waals surface area contributed by atoms with E-state index in [-0.39, 0.29) is 18.9 Å². The quantitative estimate of drug-likeness (QED) is 0.757. The maximum Gasteiger partial charge on any atom is 0.253 e. The number of halogens is 2. The van der Waals surface area contributed by atoms with E-state index in [2.05, 4.69) is 9.97 Å². The highest BCUT2D eigenvalue weighted by Gasteiger charge is 2.20. The molecule has 4 rings (SSSR count). The van der Waals surface area contributed by atoms with Gasteiger partial charge in [0.1, 0.15) is 17.4 Å². The first-order valence-corrected chi connectivity index (χ1v) is 8.76. The number of aromatic amines is 1. The number of rotatable bonds is 4. The number of carbonyl (C=O) groups excluding carboxylic acids is 1. The standard InChI is InChI=1S/C19H17ClFN3O2/c20-18-15(4-5-21)16-9-13(10-22-19(16)23-18)12-2-1-3-14(8-12)24-6-7-26-11-17(24)25/h1-3,8-10H,4-7,11H2,(H,22,23). The largest absolute Gasteiger partial charge is 0.370 e. The van der Waals surface area contributed by atoms with Gasteiger partial charge in [-0.1, -0.05) is 23.7 Å². The van der Waals surface area contributed by atoms with Gasteiger partial charge in [0, 0.05) is 41.4 Å². The summed E-state index contributed by atoms with van der Waals surface area (Å²) in [6.07, 6.45) is 1.99. The topological polar surface area (TPSA) is 58.2 Å². The number of nitrogens with one attached hydrogen (secondary N) is 1. The molecule has 1 amide bonds. The first-order valence-electron chi connectivity index (χ1n) is 8.38. The van der Waals surface area contributed by atoms with Crippen LogP contribution in [0.3, 0.4) is 0 Å². The summed E-state index contributed by atoms with van der Waals surface area (Å²) in [5, 5.41) is 1.24. The molecule has 0 aliphatic carbocycles. The van der Waals surface area contributed by atoms with E-state index in [9.17, 15) is 9.18 Å². The molecule has 5 nitrogen and oxygen atoms in total. The smallest absolute Gasteiger partial charge is 0.253 e. The van der Waals surface area contributed by atoms with Crippen molar-refractivity contribution in [1.82, 2.24) is 9.97 Å². The van der Waals surface area contributed by atoms with Crippen LogP contribution in [0.15, 0.2) is 36.5 Å². The number of amides is 1. The van der Waals surface area contributed by atoms with Gasteiger partial charge in [0.2, 0.25) is 0 Å². The fraction of sp³-hybridized carbons (Fsp3) is 0.263.